The van der Waals surface area contributed by atoms with Crippen LogP contribution in [0.2, 0.25) is 0 Å². The summed E-state index contributed by atoms with van der Waals surface area (Å²) >= 11 is 0. The first-order chi connectivity index (χ1) is 9.10. The average Bonchev–Trinajstić information content (AvgIpc) is 3.15. The van der Waals surface area contributed by atoms with Crippen molar-refractivity contribution < 1.29 is 19.0 Å². The number of methoxy groups -OCH3 is 1. The summed E-state index contributed by atoms with van der Waals surface area (Å²) in [5, 5.41) is 8.91. The second-order valence-corrected chi connectivity index (χ2v) is 4.94. The Morgan fingerprint density at radius 2 is 2.26 bits per heavy atom. The molecular formula is C14H18FNO3. The number of carboxylic acids is 1. The van der Waals surface area contributed by atoms with Gasteiger partial charge in [-0.15, -0.1) is 0 Å². The first kappa shape index (κ1) is 13.8. The Balaban J connectivity index is 2.08. The van der Waals surface area contributed by atoms with Gasteiger partial charge in [0.05, 0.1) is 13.7 Å². The van der Waals surface area contributed by atoms with Crippen LogP contribution in [0.4, 0.5) is 4.39 Å². The number of carboxylic acid groups (broad SMARTS) is 1. The molecule has 0 saturated heterocycles. The fourth-order valence-corrected chi connectivity index (χ4v) is 2.12. The van der Waals surface area contributed by atoms with Crippen LogP contribution in [0.25, 0.3) is 0 Å². The third-order valence-corrected chi connectivity index (χ3v) is 3.23. The molecule has 0 aliphatic heterocycles. The molecule has 4 nitrogen and oxygen atoms in total. The maximum Gasteiger partial charge on any atom is 0.317 e. The van der Waals surface area contributed by atoms with Crippen LogP contribution in [0.3, 0.4) is 0 Å². The summed E-state index contributed by atoms with van der Waals surface area (Å²) in [7, 11) is 1.42. The number of carbonyl (C=O) groups is 1. The van der Waals surface area contributed by atoms with Crippen LogP contribution < -0.4 is 4.74 Å². The number of aliphatic carboxylic acids is 1. The van der Waals surface area contributed by atoms with E-state index < -0.39 is 11.8 Å². The summed E-state index contributed by atoms with van der Waals surface area (Å²) in [4.78, 5) is 12.6. The highest BCUT2D eigenvalue weighted by molar-refractivity contribution is 5.69. The van der Waals surface area contributed by atoms with Crippen molar-refractivity contribution in [1.29, 1.82) is 0 Å². The lowest BCUT2D eigenvalue weighted by Gasteiger charge is -2.20. The molecule has 0 radical (unpaired) electrons. The molecule has 1 aliphatic carbocycles. The quantitative estimate of drug-likeness (QED) is 0.822. The third-order valence-electron chi connectivity index (χ3n) is 3.23. The summed E-state index contributed by atoms with van der Waals surface area (Å²) < 4.78 is 19.0. The monoisotopic (exact) mass is 267 g/mol. The molecule has 0 heterocycles. The maximum atomic E-state index is 14.0. The number of hydrogen-bond acceptors (Lipinski definition) is 3. The van der Waals surface area contributed by atoms with Crippen LogP contribution in [0.1, 0.15) is 18.4 Å². The van der Waals surface area contributed by atoms with E-state index in [1.54, 1.807) is 23.1 Å². The molecular weight excluding hydrogens is 249 g/mol. The highest BCUT2D eigenvalue weighted by Gasteiger charge is 2.26. The third kappa shape index (κ3) is 3.92. The lowest BCUT2D eigenvalue weighted by Crippen LogP contribution is -2.31. The van der Waals surface area contributed by atoms with E-state index in [0.717, 1.165) is 12.8 Å². The van der Waals surface area contributed by atoms with Gasteiger partial charge >= 0.3 is 5.97 Å². The van der Waals surface area contributed by atoms with Crippen molar-refractivity contribution in [3.05, 3.63) is 29.6 Å². The Labute approximate surface area is 111 Å². The number of rotatable bonds is 7. The number of halogens is 1. The van der Waals surface area contributed by atoms with E-state index in [4.69, 9.17) is 9.84 Å². The molecule has 5 heteroatoms. The first-order valence-electron chi connectivity index (χ1n) is 6.35. The van der Waals surface area contributed by atoms with Crippen LogP contribution in [0, 0.1) is 11.7 Å². The van der Waals surface area contributed by atoms with E-state index in [1.165, 1.54) is 7.11 Å². The Morgan fingerprint density at radius 3 is 2.84 bits per heavy atom. The van der Waals surface area contributed by atoms with Gasteiger partial charge in [-0.2, -0.15) is 0 Å². The molecule has 0 atom stereocenters. The van der Waals surface area contributed by atoms with Gasteiger partial charge in [0.25, 0.3) is 0 Å². The van der Waals surface area contributed by atoms with Crippen LogP contribution in [-0.4, -0.2) is 36.2 Å². The minimum atomic E-state index is -0.885. The Kier molecular flexibility index (Phi) is 4.37. The van der Waals surface area contributed by atoms with Gasteiger partial charge in [-0.25, -0.2) is 4.39 Å². The normalized spacial score (nSPS) is 14.7. The van der Waals surface area contributed by atoms with Gasteiger partial charge in [0.1, 0.15) is 0 Å². The lowest BCUT2D eigenvalue weighted by atomic mass is 10.1. The van der Waals surface area contributed by atoms with Gasteiger partial charge in [-0.3, -0.25) is 9.69 Å². The molecule has 0 unspecified atom stereocenters. The predicted molar refractivity (Wildman–Crippen MR) is 68.6 cm³/mol. The van der Waals surface area contributed by atoms with Crippen molar-refractivity contribution in [2.75, 3.05) is 20.2 Å². The molecule has 104 valence electrons. The fraction of sp³-hybridized carbons (Fsp3) is 0.500. The molecule has 1 saturated carbocycles. The molecule has 2 rings (SSSR count). The van der Waals surface area contributed by atoms with E-state index >= 15 is 0 Å². The second-order valence-electron chi connectivity index (χ2n) is 4.94. The highest BCUT2D eigenvalue weighted by Crippen LogP contribution is 2.30. The molecule has 1 N–H and O–H groups in total. The second kappa shape index (κ2) is 6.02. The number of benzene rings is 1. The first-order valence-corrected chi connectivity index (χ1v) is 6.35. The summed E-state index contributed by atoms with van der Waals surface area (Å²) in [6.45, 7) is 0.946. The molecule has 0 bridgehead atoms. The van der Waals surface area contributed by atoms with Gasteiger partial charge in [0.2, 0.25) is 0 Å². The van der Waals surface area contributed by atoms with Gasteiger partial charge in [-0.05, 0) is 24.8 Å². The average molecular weight is 267 g/mol. The lowest BCUT2D eigenvalue weighted by molar-refractivity contribution is -0.138. The topological polar surface area (TPSA) is 49.8 Å². The SMILES string of the molecule is COc1cccc(CN(CC(=O)O)CC2CC2)c1F. The molecule has 0 amide bonds. The van der Waals surface area contributed by atoms with Crippen molar-refractivity contribution in [1.82, 2.24) is 4.90 Å². The minimum Gasteiger partial charge on any atom is -0.494 e. The molecule has 1 aromatic rings. The van der Waals surface area contributed by atoms with E-state index in [0.29, 0.717) is 24.6 Å². The summed E-state index contributed by atoms with van der Waals surface area (Å²) in [5.41, 5.74) is 0.473. The number of nitrogens with zero attached hydrogens (tertiary/aromatic N) is 1. The highest BCUT2D eigenvalue weighted by atomic mass is 19.1. The minimum absolute atomic E-state index is 0.0624. The number of ether oxygens (including phenoxy) is 1. The smallest absolute Gasteiger partial charge is 0.317 e. The summed E-state index contributed by atoms with van der Waals surface area (Å²) in [6.07, 6.45) is 2.27. The van der Waals surface area contributed by atoms with Crippen LogP contribution in [0.15, 0.2) is 18.2 Å². The molecule has 1 aliphatic rings. The zero-order valence-corrected chi connectivity index (χ0v) is 10.9. The molecule has 1 fully saturated rings. The van der Waals surface area contributed by atoms with Gasteiger partial charge in [0.15, 0.2) is 11.6 Å². The standard InChI is InChI=1S/C14H18FNO3/c1-19-12-4-2-3-11(14(12)15)8-16(9-13(17)18)7-10-5-6-10/h2-4,10H,5-9H2,1H3,(H,17,18). The van der Waals surface area contributed by atoms with Gasteiger partial charge in [0, 0.05) is 18.7 Å². The fourth-order valence-electron chi connectivity index (χ4n) is 2.12. The predicted octanol–water partition coefficient (Wildman–Crippen LogP) is 2.13. The Hall–Kier alpha value is -1.62. The van der Waals surface area contributed by atoms with Gasteiger partial charge in [-0.1, -0.05) is 12.1 Å². The maximum absolute atomic E-state index is 14.0. The molecule has 1 aromatic carbocycles. The van der Waals surface area contributed by atoms with Gasteiger partial charge < -0.3 is 9.84 Å². The van der Waals surface area contributed by atoms with E-state index in [2.05, 4.69) is 0 Å². The van der Waals surface area contributed by atoms with Crippen LogP contribution in [-0.2, 0) is 11.3 Å². The Morgan fingerprint density at radius 1 is 1.53 bits per heavy atom. The van der Waals surface area contributed by atoms with E-state index in [9.17, 15) is 9.18 Å². The van der Waals surface area contributed by atoms with Crippen molar-refractivity contribution in [3.63, 3.8) is 0 Å². The summed E-state index contributed by atoms with van der Waals surface area (Å²) in [6, 6.07) is 4.94. The molecule has 0 aromatic heterocycles. The van der Waals surface area contributed by atoms with Crippen molar-refractivity contribution in [2.24, 2.45) is 5.92 Å². The number of hydrogen-bond donors (Lipinski definition) is 1. The van der Waals surface area contributed by atoms with E-state index in [-0.39, 0.29) is 12.3 Å². The van der Waals surface area contributed by atoms with Crippen molar-refractivity contribution >= 4 is 5.97 Å². The molecule has 0 spiro atoms. The van der Waals surface area contributed by atoms with Crippen molar-refractivity contribution in [3.8, 4) is 5.75 Å². The zero-order valence-electron chi connectivity index (χ0n) is 10.9. The van der Waals surface area contributed by atoms with Crippen LogP contribution in [0.5, 0.6) is 5.75 Å². The largest absolute Gasteiger partial charge is 0.494 e. The van der Waals surface area contributed by atoms with Crippen molar-refractivity contribution in [2.45, 2.75) is 19.4 Å². The Bertz CT molecular complexity index is 460. The van der Waals surface area contributed by atoms with Crippen LogP contribution >= 0.6 is 0 Å². The summed E-state index contributed by atoms with van der Waals surface area (Å²) in [5.74, 6) is -0.535. The zero-order chi connectivity index (χ0) is 13.8. The van der Waals surface area contributed by atoms with E-state index in [1.807, 2.05) is 0 Å². The molecule has 19 heavy (non-hydrogen) atoms.